The number of likely N-dealkylation sites (N-methyl/N-ethyl adjacent to an activating group) is 1. The van der Waals surface area contributed by atoms with Gasteiger partial charge in [0.05, 0.1) is 6.10 Å². The van der Waals surface area contributed by atoms with Crippen LogP contribution in [0.4, 0.5) is 0 Å². The third kappa shape index (κ3) is 3.70. The Hall–Kier alpha value is -0.800. The summed E-state index contributed by atoms with van der Waals surface area (Å²) in [7, 11) is 0. The summed E-state index contributed by atoms with van der Waals surface area (Å²) in [5.74, 6) is 0. The molecule has 0 amide bonds. The second kappa shape index (κ2) is 6.53. The van der Waals surface area contributed by atoms with Crippen LogP contribution in [0.5, 0.6) is 0 Å². The van der Waals surface area contributed by atoms with Gasteiger partial charge in [-0.25, -0.2) is 0 Å². The van der Waals surface area contributed by atoms with Crippen LogP contribution in [0.1, 0.15) is 63.6 Å². The topological polar surface area (TPSA) is 28.4 Å². The van der Waals surface area contributed by atoms with Crippen molar-refractivity contribution >= 4 is 0 Å². The van der Waals surface area contributed by atoms with Crippen LogP contribution in [0, 0.1) is 12.3 Å². The maximum atomic E-state index is 10.4. The maximum Gasteiger partial charge on any atom is 0.0812 e. The highest BCUT2D eigenvalue weighted by atomic mass is 16.3. The zero-order valence-electron chi connectivity index (χ0n) is 14.4. The molecule has 120 valence electrons. The molecule has 1 aromatic rings. The van der Waals surface area contributed by atoms with Crippen molar-refractivity contribution in [3.8, 4) is 0 Å². The maximum absolute atomic E-state index is 10.4. The summed E-state index contributed by atoms with van der Waals surface area (Å²) in [6.45, 7) is 15.6. The van der Waals surface area contributed by atoms with E-state index >= 15 is 0 Å². The molecule has 1 aromatic heterocycles. The molecular formula is C18H32N2O. The molecule has 21 heavy (non-hydrogen) atoms. The third-order valence-corrected chi connectivity index (χ3v) is 4.83. The van der Waals surface area contributed by atoms with Crippen LogP contribution >= 0.6 is 0 Å². The Balaban J connectivity index is 2.18. The summed E-state index contributed by atoms with van der Waals surface area (Å²) in [5.41, 5.74) is 4.03. The van der Waals surface area contributed by atoms with Gasteiger partial charge >= 0.3 is 0 Å². The lowest BCUT2D eigenvalue weighted by molar-refractivity contribution is 0.0977. The molecule has 3 nitrogen and oxygen atoms in total. The number of hydrogen-bond donors (Lipinski definition) is 1. The van der Waals surface area contributed by atoms with Crippen molar-refractivity contribution in [1.82, 2.24) is 9.47 Å². The van der Waals surface area contributed by atoms with Gasteiger partial charge in [-0.05, 0) is 50.8 Å². The zero-order valence-corrected chi connectivity index (χ0v) is 14.4. The summed E-state index contributed by atoms with van der Waals surface area (Å²) in [6, 6.07) is 2.20. The van der Waals surface area contributed by atoms with Gasteiger partial charge in [-0.1, -0.05) is 27.7 Å². The lowest BCUT2D eigenvalue weighted by atomic mass is 9.75. The first-order valence-corrected chi connectivity index (χ1v) is 8.47. The van der Waals surface area contributed by atoms with E-state index in [-0.39, 0.29) is 11.5 Å². The molecule has 0 fully saturated rings. The van der Waals surface area contributed by atoms with E-state index in [0.29, 0.717) is 0 Å². The number of aryl methyl sites for hydroxylation is 1. The molecule has 1 aliphatic carbocycles. The SMILES string of the molecule is CCCN(CC)CCn1c(C)cc2c1CC(C)(C)CC2O. The van der Waals surface area contributed by atoms with Crippen LogP contribution < -0.4 is 0 Å². The first-order chi connectivity index (χ1) is 9.88. The van der Waals surface area contributed by atoms with Crippen molar-refractivity contribution in [2.45, 2.75) is 66.5 Å². The van der Waals surface area contributed by atoms with Crippen LogP contribution in [0.25, 0.3) is 0 Å². The minimum atomic E-state index is -0.290. The minimum absolute atomic E-state index is 0.197. The van der Waals surface area contributed by atoms with Gasteiger partial charge in [0.1, 0.15) is 0 Å². The van der Waals surface area contributed by atoms with Crippen molar-refractivity contribution in [2.24, 2.45) is 5.41 Å². The summed E-state index contributed by atoms with van der Waals surface area (Å²) in [5, 5.41) is 10.4. The van der Waals surface area contributed by atoms with Crippen molar-refractivity contribution in [3.05, 3.63) is 23.0 Å². The standard InChI is InChI=1S/C18H32N2O/c1-6-8-19(7-2)9-10-20-14(3)11-15-16(20)12-18(4,5)13-17(15)21/h11,17,21H,6-10,12-13H2,1-5H3. The summed E-state index contributed by atoms with van der Waals surface area (Å²) in [6.07, 6.45) is 2.87. The van der Waals surface area contributed by atoms with E-state index in [4.69, 9.17) is 0 Å². The zero-order chi connectivity index (χ0) is 15.6. The van der Waals surface area contributed by atoms with Gasteiger partial charge in [0.25, 0.3) is 0 Å². The smallest absolute Gasteiger partial charge is 0.0812 e. The number of fused-ring (bicyclic) bond motifs is 1. The highest BCUT2D eigenvalue weighted by Gasteiger charge is 2.33. The van der Waals surface area contributed by atoms with Crippen molar-refractivity contribution < 1.29 is 5.11 Å². The Kier molecular flexibility index (Phi) is 5.15. The van der Waals surface area contributed by atoms with E-state index in [1.54, 1.807) is 0 Å². The first-order valence-electron chi connectivity index (χ1n) is 8.47. The average Bonchev–Trinajstić information content (AvgIpc) is 2.70. The van der Waals surface area contributed by atoms with Crippen LogP contribution in [0.3, 0.4) is 0 Å². The Morgan fingerprint density at radius 3 is 2.67 bits per heavy atom. The van der Waals surface area contributed by atoms with Gasteiger partial charge < -0.3 is 14.6 Å². The van der Waals surface area contributed by atoms with Gasteiger partial charge in [-0.15, -0.1) is 0 Å². The van der Waals surface area contributed by atoms with E-state index in [0.717, 1.165) is 32.5 Å². The van der Waals surface area contributed by atoms with Crippen LogP contribution in [0.15, 0.2) is 6.07 Å². The molecule has 0 aliphatic heterocycles. The van der Waals surface area contributed by atoms with Crippen LogP contribution in [-0.4, -0.2) is 34.2 Å². The highest BCUT2D eigenvalue weighted by Crippen LogP contribution is 2.41. The molecule has 1 heterocycles. The molecule has 1 aliphatic rings. The lowest BCUT2D eigenvalue weighted by Gasteiger charge is -2.34. The second-order valence-corrected chi connectivity index (χ2v) is 7.33. The van der Waals surface area contributed by atoms with Crippen molar-refractivity contribution in [3.63, 3.8) is 0 Å². The number of nitrogens with zero attached hydrogens (tertiary/aromatic N) is 2. The predicted octanol–water partition coefficient (Wildman–Crippen LogP) is 3.53. The molecule has 2 rings (SSSR count). The highest BCUT2D eigenvalue weighted by molar-refractivity contribution is 5.33. The molecule has 0 spiro atoms. The number of aliphatic hydroxyl groups excluding tert-OH is 1. The molecule has 0 saturated heterocycles. The molecule has 3 heteroatoms. The normalized spacial score (nSPS) is 20.8. The van der Waals surface area contributed by atoms with E-state index in [1.807, 2.05) is 0 Å². The van der Waals surface area contributed by atoms with Crippen LogP contribution in [0.2, 0.25) is 0 Å². The van der Waals surface area contributed by atoms with Gasteiger partial charge in [-0.2, -0.15) is 0 Å². The summed E-state index contributed by atoms with van der Waals surface area (Å²) >= 11 is 0. The van der Waals surface area contributed by atoms with E-state index in [1.165, 1.54) is 29.9 Å². The number of aromatic nitrogens is 1. The molecule has 0 radical (unpaired) electrons. The fourth-order valence-corrected chi connectivity index (χ4v) is 3.70. The molecular weight excluding hydrogens is 260 g/mol. The van der Waals surface area contributed by atoms with Crippen molar-refractivity contribution in [1.29, 1.82) is 0 Å². The van der Waals surface area contributed by atoms with Gasteiger partial charge in [0, 0.05) is 30.0 Å². The fraction of sp³-hybridized carbons (Fsp3) is 0.778. The Bertz CT molecular complexity index is 476. The lowest BCUT2D eigenvalue weighted by Crippen LogP contribution is -2.31. The molecule has 0 saturated carbocycles. The third-order valence-electron chi connectivity index (χ3n) is 4.83. The summed E-state index contributed by atoms with van der Waals surface area (Å²) in [4.78, 5) is 2.51. The molecule has 0 aromatic carbocycles. The minimum Gasteiger partial charge on any atom is -0.388 e. The van der Waals surface area contributed by atoms with E-state index in [2.05, 4.69) is 50.2 Å². The quantitative estimate of drug-likeness (QED) is 0.869. The number of hydrogen-bond acceptors (Lipinski definition) is 2. The molecule has 1 unspecified atom stereocenters. The summed E-state index contributed by atoms with van der Waals surface area (Å²) < 4.78 is 2.44. The van der Waals surface area contributed by atoms with E-state index < -0.39 is 0 Å². The van der Waals surface area contributed by atoms with Gasteiger partial charge in [0.2, 0.25) is 0 Å². The van der Waals surface area contributed by atoms with Crippen molar-refractivity contribution in [2.75, 3.05) is 19.6 Å². The largest absolute Gasteiger partial charge is 0.388 e. The van der Waals surface area contributed by atoms with Gasteiger partial charge in [0.15, 0.2) is 0 Å². The van der Waals surface area contributed by atoms with E-state index in [9.17, 15) is 5.11 Å². The van der Waals surface area contributed by atoms with Gasteiger partial charge in [-0.3, -0.25) is 0 Å². The Morgan fingerprint density at radius 1 is 1.33 bits per heavy atom. The molecule has 1 atom stereocenters. The van der Waals surface area contributed by atoms with Crippen LogP contribution in [-0.2, 0) is 13.0 Å². The first kappa shape index (κ1) is 16.6. The fourth-order valence-electron chi connectivity index (χ4n) is 3.70. The predicted molar refractivity (Wildman–Crippen MR) is 88.6 cm³/mol. The Labute approximate surface area is 130 Å². The number of rotatable bonds is 6. The average molecular weight is 292 g/mol. The molecule has 0 bridgehead atoms. The molecule has 1 N–H and O–H groups in total. The monoisotopic (exact) mass is 292 g/mol. The Morgan fingerprint density at radius 2 is 2.05 bits per heavy atom. The second-order valence-electron chi connectivity index (χ2n) is 7.33. The number of aliphatic hydroxyl groups is 1.